The van der Waals surface area contributed by atoms with Gasteiger partial charge >= 0.3 is 11.7 Å². The minimum atomic E-state index is -0.500. The van der Waals surface area contributed by atoms with Crippen LogP contribution in [0, 0.1) is 0 Å². The summed E-state index contributed by atoms with van der Waals surface area (Å²) in [5.41, 5.74) is 2.68. The SMILES string of the molecule is CCn1cncc1Cn1c(=O)n(-c2ccccc2)c2ncc(C(=O)OC)cc21. The molecule has 0 fully saturated rings. The molecule has 0 amide bonds. The first-order valence-electron chi connectivity index (χ1n) is 8.88. The van der Waals surface area contributed by atoms with E-state index >= 15 is 0 Å². The second-order valence-electron chi connectivity index (χ2n) is 6.27. The van der Waals surface area contributed by atoms with Gasteiger partial charge in [-0.15, -0.1) is 0 Å². The molecular formula is C20H19N5O3. The van der Waals surface area contributed by atoms with Crippen LogP contribution in [0.15, 0.2) is 59.9 Å². The summed E-state index contributed by atoms with van der Waals surface area (Å²) in [5, 5.41) is 0. The highest BCUT2D eigenvalue weighted by Gasteiger charge is 2.19. The average Bonchev–Trinajstić information content (AvgIpc) is 3.30. The Balaban J connectivity index is 1.97. The van der Waals surface area contributed by atoms with E-state index < -0.39 is 5.97 Å². The van der Waals surface area contributed by atoms with E-state index in [0.29, 0.717) is 23.4 Å². The third-order valence-corrected chi connectivity index (χ3v) is 4.67. The number of hydrogen-bond donors (Lipinski definition) is 0. The van der Waals surface area contributed by atoms with Crippen LogP contribution < -0.4 is 5.69 Å². The van der Waals surface area contributed by atoms with Crippen molar-refractivity contribution in [1.29, 1.82) is 0 Å². The van der Waals surface area contributed by atoms with Gasteiger partial charge in [-0.05, 0) is 25.1 Å². The zero-order valence-corrected chi connectivity index (χ0v) is 15.6. The predicted molar refractivity (Wildman–Crippen MR) is 104 cm³/mol. The van der Waals surface area contributed by atoms with Crippen molar-refractivity contribution in [3.63, 3.8) is 0 Å². The molecule has 0 bridgehead atoms. The van der Waals surface area contributed by atoms with Crippen LogP contribution in [0.2, 0.25) is 0 Å². The van der Waals surface area contributed by atoms with Crippen LogP contribution in [0.3, 0.4) is 0 Å². The Labute approximate surface area is 160 Å². The second-order valence-corrected chi connectivity index (χ2v) is 6.27. The van der Waals surface area contributed by atoms with Crippen LogP contribution in [-0.2, 0) is 17.8 Å². The molecule has 3 aromatic heterocycles. The second kappa shape index (κ2) is 7.15. The summed E-state index contributed by atoms with van der Waals surface area (Å²) in [5.74, 6) is -0.500. The van der Waals surface area contributed by atoms with E-state index in [1.807, 2.05) is 41.8 Å². The van der Waals surface area contributed by atoms with Crippen molar-refractivity contribution in [2.45, 2.75) is 20.0 Å². The van der Waals surface area contributed by atoms with Crippen molar-refractivity contribution in [3.05, 3.63) is 76.9 Å². The predicted octanol–water partition coefficient (Wildman–Crippen LogP) is 2.24. The van der Waals surface area contributed by atoms with E-state index in [1.54, 1.807) is 27.7 Å². The number of para-hydroxylation sites is 1. The van der Waals surface area contributed by atoms with E-state index in [4.69, 9.17) is 4.74 Å². The van der Waals surface area contributed by atoms with Crippen LogP contribution in [0.5, 0.6) is 0 Å². The Morgan fingerprint density at radius 3 is 2.68 bits per heavy atom. The van der Waals surface area contributed by atoms with E-state index in [2.05, 4.69) is 9.97 Å². The number of nitrogens with zero attached hydrogens (tertiary/aromatic N) is 5. The maximum atomic E-state index is 13.3. The Kier molecular flexibility index (Phi) is 4.52. The molecule has 4 rings (SSSR count). The lowest BCUT2D eigenvalue weighted by Crippen LogP contribution is -2.24. The Morgan fingerprint density at radius 2 is 1.96 bits per heavy atom. The number of pyridine rings is 1. The fourth-order valence-electron chi connectivity index (χ4n) is 3.25. The van der Waals surface area contributed by atoms with Crippen LogP contribution in [0.4, 0.5) is 0 Å². The van der Waals surface area contributed by atoms with Crippen molar-refractivity contribution < 1.29 is 9.53 Å². The smallest absolute Gasteiger partial charge is 0.339 e. The molecule has 0 N–H and O–H groups in total. The monoisotopic (exact) mass is 377 g/mol. The summed E-state index contributed by atoms with van der Waals surface area (Å²) in [4.78, 5) is 33.9. The normalized spacial score (nSPS) is 11.1. The highest BCUT2D eigenvalue weighted by Crippen LogP contribution is 2.18. The molecule has 28 heavy (non-hydrogen) atoms. The number of benzene rings is 1. The van der Waals surface area contributed by atoms with Crippen molar-refractivity contribution in [2.24, 2.45) is 0 Å². The third-order valence-electron chi connectivity index (χ3n) is 4.67. The molecular weight excluding hydrogens is 358 g/mol. The van der Waals surface area contributed by atoms with Gasteiger partial charge in [-0.3, -0.25) is 4.57 Å². The zero-order valence-electron chi connectivity index (χ0n) is 15.6. The Bertz CT molecular complexity index is 1200. The van der Waals surface area contributed by atoms with Gasteiger partial charge in [0, 0.05) is 18.9 Å². The number of hydrogen-bond acceptors (Lipinski definition) is 5. The van der Waals surface area contributed by atoms with Crippen molar-refractivity contribution in [3.8, 4) is 5.69 Å². The molecule has 0 radical (unpaired) electrons. The number of carbonyl (C=O) groups excluding carboxylic acids is 1. The molecule has 0 saturated heterocycles. The molecule has 0 unspecified atom stereocenters. The topological polar surface area (TPSA) is 83.9 Å². The first-order chi connectivity index (χ1) is 13.6. The number of ether oxygens (including phenoxy) is 1. The number of rotatable bonds is 5. The van der Waals surface area contributed by atoms with Gasteiger partial charge in [-0.2, -0.15) is 0 Å². The minimum absolute atomic E-state index is 0.237. The molecule has 0 aliphatic heterocycles. The van der Waals surface area contributed by atoms with Crippen LogP contribution in [0.1, 0.15) is 23.0 Å². The lowest BCUT2D eigenvalue weighted by Gasteiger charge is -2.06. The fraction of sp³-hybridized carbons (Fsp3) is 0.200. The van der Waals surface area contributed by atoms with Gasteiger partial charge in [0.05, 0.1) is 42.4 Å². The number of fused-ring (bicyclic) bond motifs is 1. The number of aromatic nitrogens is 5. The Morgan fingerprint density at radius 1 is 1.18 bits per heavy atom. The summed E-state index contributed by atoms with van der Waals surface area (Å²) in [6.45, 7) is 3.07. The molecule has 0 saturated carbocycles. The van der Waals surface area contributed by atoms with Gasteiger partial charge < -0.3 is 9.30 Å². The number of imidazole rings is 2. The van der Waals surface area contributed by atoms with Gasteiger partial charge in [0.25, 0.3) is 0 Å². The third kappa shape index (κ3) is 2.88. The summed E-state index contributed by atoms with van der Waals surface area (Å²) < 4.78 is 9.92. The van der Waals surface area contributed by atoms with E-state index in [-0.39, 0.29) is 11.3 Å². The summed E-state index contributed by atoms with van der Waals surface area (Å²) in [6.07, 6.45) is 4.89. The molecule has 1 aromatic carbocycles. The molecule has 8 heteroatoms. The van der Waals surface area contributed by atoms with Gasteiger partial charge in [0.15, 0.2) is 5.65 Å². The lowest BCUT2D eigenvalue weighted by molar-refractivity contribution is 0.0600. The molecule has 0 spiro atoms. The summed E-state index contributed by atoms with van der Waals surface area (Å²) in [6, 6.07) is 10.9. The van der Waals surface area contributed by atoms with Crippen molar-refractivity contribution in [1.82, 2.24) is 23.7 Å². The number of carbonyl (C=O) groups is 1. The van der Waals surface area contributed by atoms with Crippen LogP contribution in [-0.4, -0.2) is 36.7 Å². The maximum absolute atomic E-state index is 13.3. The standard InChI is InChI=1S/C20H19N5O3/c1-3-23-13-21-11-16(23)12-24-17-9-14(19(26)28-2)10-22-18(17)25(20(24)27)15-7-5-4-6-8-15/h4-11,13H,3,12H2,1-2H3. The van der Waals surface area contributed by atoms with E-state index in [9.17, 15) is 9.59 Å². The summed E-state index contributed by atoms with van der Waals surface area (Å²) in [7, 11) is 1.31. The fourth-order valence-corrected chi connectivity index (χ4v) is 3.25. The van der Waals surface area contributed by atoms with Gasteiger partial charge in [-0.25, -0.2) is 24.1 Å². The first kappa shape index (κ1) is 17.7. The lowest BCUT2D eigenvalue weighted by atomic mass is 10.2. The van der Waals surface area contributed by atoms with E-state index in [0.717, 1.165) is 12.2 Å². The quantitative estimate of drug-likeness (QED) is 0.498. The van der Waals surface area contributed by atoms with Gasteiger partial charge in [0.2, 0.25) is 0 Å². The molecule has 0 atom stereocenters. The number of aryl methyl sites for hydroxylation is 1. The van der Waals surface area contributed by atoms with Gasteiger partial charge in [0.1, 0.15) is 0 Å². The van der Waals surface area contributed by atoms with Crippen LogP contribution in [0.25, 0.3) is 16.9 Å². The van der Waals surface area contributed by atoms with Crippen LogP contribution >= 0.6 is 0 Å². The highest BCUT2D eigenvalue weighted by atomic mass is 16.5. The van der Waals surface area contributed by atoms with Crippen molar-refractivity contribution >= 4 is 17.1 Å². The number of esters is 1. The molecule has 0 aliphatic rings. The molecule has 0 aliphatic carbocycles. The maximum Gasteiger partial charge on any atom is 0.339 e. The minimum Gasteiger partial charge on any atom is -0.465 e. The summed E-state index contributed by atoms with van der Waals surface area (Å²) >= 11 is 0. The molecule has 142 valence electrons. The molecule has 3 heterocycles. The number of methoxy groups -OCH3 is 1. The first-order valence-corrected chi connectivity index (χ1v) is 8.88. The largest absolute Gasteiger partial charge is 0.465 e. The average molecular weight is 377 g/mol. The molecule has 8 nitrogen and oxygen atoms in total. The Hall–Kier alpha value is -3.68. The van der Waals surface area contributed by atoms with E-state index in [1.165, 1.54) is 13.3 Å². The molecule has 4 aromatic rings. The highest BCUT2D eigenvalue weighted by molar-refractivity contribution is 5.92. The van der Waals surface area contributed by atoms with Crippen molar-refractivity contribution in [2.75, 3.05) is 7.11 Å². The van der Waals surface area contributed by atoms with Gasteiger partial charge in [-0.1, -0.05) is 18.2 Å². The zero-order chi connectivity index (χ0) is 19.7.